The summed E-state index contributed by atoms with van der Waals surface area (Å²) < 4.78 is 205. The third-order valence-electron chi connectivity index (χ3n) is 0. The summed E-state index contributed by atoms with van der Waals surface area (Å²) >= 11 is 0. The Bertz CT molecular complexity index is 807. The molecule has 0 heterocycles. The van der Waals surface area contributed by atoms with Gasteiger partial charge in [-0.2, -0.15) is 0 Å². The van der Waals surface area contributed by atoms with Crippen LogP contribution in [0.15, 0.2) is 0 Å². The van der Waals surface area contributed by atoms with E-state index in [9.17, 15) is 0 Å². The smallest absolute Gasteiger partial charge is 0.759 e. The third kappa shape index (κ3) is 1830. The van der Waals surface area contributed by atoms with Crippen molar-refractivity contribution in [3.8, 4) is 0 Å². The molecule has 0 aromatic carbocycles. The molecule has 0 amide bonds. The van der Waals surface area contributed by atoms with Crippen molar-refractivity contribution in [1.29, 1.82) is 0 Å². The minimum atomic E-state index is -5.17. The number of hydrogen-bond acceptors (Lipinski definition) is 24. The minimum absolute atomic E-state index is 0. The van der Waals surface area contributed by atoms with Crippen LogP contribution in [-0.4, -0.2) is 105 Å². The summed E-state index contributed by atoms with van der Waals surface area (Å²) in [5.74, 6) is 0. The van der Waals surface area contributed by atoms with E-state index in [1.165, 1.54) is 0 Å². The van der Waals surface area contributed by atoms with Crippen molar-refractivity contribution in [3.05, 3.63) is 0 Å². The topological polar surface area (TPSA) is 482 Å². The molecule has 0 N–H and O–H groups in total. The number of hydrogen-bond donors (Lipinski definition) is 0. The van der Waals surface area contributed by atoms with Crippen LogP contribution in [0.2, 0.25) is 0 Å². The first-order chi connectivity index (χ1) is 12.0. The van der Waals surface area contributed by atoms with E-state index in [2.05, 4.69) is 0 Å². The van der Waals surface area contributed by atoms with Crippen LogP contribution < -0.4 is 0 Å². The molecule has 24 radical (unpaired) electrons. The van der Waals surface area contributed by atoms with E-state index in [0.717, 1.165) is 0 Å². The zero-order chi connectivity index (χ0) is 27.0. The van der Waals surface area contributed by atoms with E-state index in [0.29, 0.717) is 0 Å². The van der Waals surface area contributed by atoms with E-state index in [1.54, 1.807) is 0 Å². The van der Waals surface area contributed by atoms with Gasteiger partial charge >= 0.3 is 410 Å². The molecule has 54 heteroatoms. The SMILES string of the molecule is O=S(=O)([O-])[O-].O=S(=O)([O-])[O-].O=S(=O)([O-])[O-].O=S(=O)([O-])[O-].O=S(=O)([O-])[O-].O=S(=O)([O-])[O-].[Mn+2].[Mn+2].[Mn+2].[Mn+2].[Mn+2].[Mn+2].[Mn+2].[Mn+2].[Mn+2].[Mn+2].[Mn+2].[Mn+2].[Mn+2].[Mn+2].[Mn+2].[Mn+2].[Mn+2].[Mn+2].[Mn+2].[Mn+2].[Mn+2].[Mn+2].[Mn+2].[Mn+2]. The van der Waals surface area contributed by atoms with Gasteiger partial charge < -0.3 is 54.6 Å². The Morgan fingerprint density at radius 2 is 0.130 bits per heavy atom. The van der Waals surface area contributed by atoms with Gasteiger partial charge in [0.2, 0.25) is 0 Å². The van der Waals surface area contributed by atoms with Crippen molar-refractivity contribution >= 4 is 62.4 Å². The van der Waals surface area contributed by atoms with Crippen molar-refractivity contribution in [2.75, 3.05) is 0 Å². The third-order valence-corrected chi connectivity index (χ3v) is 0. The molecule has 0 fully saturated rings. The van der Waals surface area contributed by atoms with Gasteiger partial charge in [-0.05, 0) is 0 Å². The van der Waals surface area contributed by atoms with Crippen molar-refractivity contribution in [2.24, 2.45) is 0 Å². The second-order valence-corrected chi connectivity index (χ2v) is 7.35. The molecule has 0 saturated heterocycles. The molecule has 0 aliphatic heterocycles. The normalized spacial score (nSPS) is 6.44. The fraction of sp³-hybridized carbons (Fsp3) is 0. The molecule has 0 bridgehead atoms. The first kappa shape index (κ1) is 216. The van der Waals surface area contributed by atoms with Gasteiger partial charge in [-0.15, -0.1) is 0 Å². The Morgan fingerprint density at radius 1 is 0.130 bits per heavy atom. The summed E-state index contributed by atoms with van der Waals surface area (Å²) in [7, 11) is -31.0. The monoisotopic (exact) mass is 1890 g/mol. The minimum Gasteiger partial charge on any atom is -0.759 e. The fourth-order valence-corrected chi connectivity index (χ4v) is 0. The van der Waals surface area contributed by atoms with Crippen LogP contribution in [0.4, 0.5) is 0 Å². The second-order valence-electron chi connectivity index (χ2n) is 2.45. The first-order valence-corrected chi connectivity index (χ1v) is 12.0. The van der Waals surface area contributed by atoms with Gasteiger partial charge in [0.25, 0.3) is 0 Å². The summed E-state index contributed by atoms with van der Waals surface area (Å²) in [6, 6.07) is 0. The molecule has 0 aromatic heterocycles. The van der Waals surface area contributed by atoms with Gasteiger partial charge in [0.1, 0.15) is 0 Å². The average Bonchev–Trinajstić information content (AvgIpc) is 1.94. The Hall–Kier alpha value is 11.7. The first-order valence-electron chi connectivity index (χ1n) is 4.00. The molecule has 312 valence electrons. The summed E-state index contributed by atoms with van der Waals surface area (Å²) in [6.45, 7) is 0. The molecule has 0 aliphatic carbocycles. The largest absolute Gasteiger partial charge is 2.00 e. The summed E-state index contributed by atoms with van der Waals surface area (Å²) in [5, 5.41) is 0. The zero-order valence-electron chi connectivity index (χ0n) is 21.3. The molecular formula is Mn24O24S6+36. The van der Waals surface area contributed by atoms with Crippen molar-refractivity contribution < 1.29 is 515 Å². The van der Waals surface area contributed by atoms with Gasteiger partial charge in [0.05, 0.1) is 0 Å². The molecule has 0 spiro atoms. The molecule has 0 aromatic rings. The Labute approximate surface area is 565 Å². The van der Waals surface area contributed by atoms with Gasteiger partial charge in [-0.1, -0.05) is 0 Å². The molecule has 0 atom stereocenters. The molecule has 0 unspecified atom stereocenters. The summed E-state index contributed by atoms with van der Waals surface area (Å²) in [5.41, 5.74) is 0. The van der Waals surface area contributed by atoms with E-state index in [4.69, 9.17) is 105 Å². The molecule has 0 saturated carbocycles. The average molecular weight is 1890 g/mol. The maximum atomic E-state index is 8.52. The van der Waals surface area contributed by atoms with Gasteiger partial charge in [0.15, 0.2) is 0 Å². The van der Waals surface area contributed by atoms with Gasteiger partial charge in [-0.3, -0.25) is 50.5 Å². The summed E-state index contributed by atoms with van der Waals surface area (Å²) in [6.07, 6.45) is 0. The van der Waals surface area contributed by atoms with E-state index in [1.807, 2.05) is 0 Å². The molecule has 54 heavy (non-hydrogen) atoms. The van der Waals surface area contributed by atoms with Crippen LogP contribution in [0.25, 0.3) is 0 Å². The molecule has 0 aliphatic rings. The maximum absolute atomic E-state index is 8.52. The van der Waals surface area contributed by atoms with Gasteiger partial charge in [-0.25, -0.2) is 0 Å². The predicted molar refractivity (Wildman–Crippen MR) is 62.8 cm³/mol. The second kappa shape index (κ2) is 115. The molecule has 24 nitrogen and oxygen atoms in total. The van der Waals surface area contributed by atoms with Crippen molar-refractivity contribution in [1.82, 2.24) is 0 Å². The fourth-order valence-electron chi connectivity index (χ4n) is 0. The van der Waals surface area contributed by atoms with Crippen LogP contribution in [0.3, 0.4) is 0 Å². The van der Waals surface area contributed by atoms with Crippen molar-refractivity contribution in [2.45, 2.75) is 0 Å². The van der Waals surface area contributed by atoms with Crippen molar-refractivity contribution in [3.63, 3.8) is 0 Å². The molecular weight excluding hydrogens is 1890 g/mol. The maximum Gasteiger partial charge on any atom is 2.00 e. The molecule has 0 rings (SSSR count). The summed E-state index contributed by atoms with van der Waals surface area (Å²) in [4.78, 5) is 0. The Kier molecular flexibility index (Phi) is 461. The van der Waals surface area contributed by atoms with Gasteiger partial charge in [0, 0.05) is 62.4 Å². The quantitative estimate of drug-likeness (QED) is 0.123. The van der Waals surface area contributed by atoms with Crippen LogP contribution in [0, 0.1) is 0 Å². The Morgan fingerprint density at radius 3 is 0.130 bits per heavy atom. The van der Waals surface area contributed by atoms with E-state index in [-0.39, 0.29) is 410 Å². The van der Waals surface area contributed by atoms with E-state index < -0.39 is 62.4 Å². The van der Waals surface area contributed by atoms with Crippen LogP contribution in [0.1, 0.15) is 0 Å². The van der Waals surface area contributed by atoms with E-state index >= 15 is 0 Å². The van der Waals surface area contributed by atoms with Crippen LogP contribution in [-0.2, 0) is 472 Å². The van der Waals surface area contributed by atoms with Crippen LogP contribution in [0.5, 0.6) is 0 Å². The number of rotatable bonds is 0. The van der Waals surface area contributed by atoms with Crippen LogP contribution >= 0.6 is 0 Å². The Balaban J connectivity index is -0.00000000420. The predicted octanol–water partition coefficient (Wildman–Crippen LogP) is -8.09. The standard InChI is InChI=1S/24Mn.6H2O4S/c;;;;;;;;;;;;;;;;;;;;;;;;6*1-5(2,3)4/h;;;;;;;;;;;;;;;;;;;;;;;;6*(H2,1,2,3,4)/q24*+2;;;;;;/p-12. The zero-order valence-corrected chi connectivity index (χ0v) is 54.5.